The number of carbonyl (C=O) groups is 1. The molecule has 2 unspecified atom stereocenters. The van der Waals surface area contributed by atoms with Crippen LogP contribution in [0, 0.1) is 0 Å². The van der Waals surface area contributed by atoms with Gasteiger partial charge < -0.3 is 10.4 Å². The average Bonchev–Trinajstić information content (AvgIpc) is 2.26. The number of hydrogen-bond donors (Lipinski definition) is 2. The number of nitrogens with one attached hydrogen (secondary N) is 1. The van der Waals surface area contributed by atoms with E-state index in [1.54, 1.807) is 0 Å². The number of hydrogen-bond acceptors (Lipinski definition) is 2. The molecule has 0 heterocycles. The highest BCUT2D eigenvalue weighted by Crippen LogP contribution is 2.23. The summed E-state index contributed by atoms with van der Waals surface area (Å²) >= 11 is 3.51. The molecule has 0 saturated heterocycles. The van der Waals surface area contributed by atoms with E-state index in [1.807, 2.05) is 25.1 Å². The van der Waals surface area contributed by atoms with Crippen molar-refractivity contribution in [2.24, 2.45) is 0 Å². The first-order valence-electron chi connectivity index (χ1n) is 5.73. The molecule has 17 heavy (non-hydrogen) atoms. The van der Waals surface area contributed by atoms with Crippen LogP contribution >= 0.6 is 15.9 Å². The summed E-state index contributed by atoms with van der Waals surface area (Å²) < 4.78 is 1.07. The lowest BCUT2D eigenvalue weighted by molar-refractivity contribution is -0.137. The molecule has 4 heteroatoms. The highest BCUT2D eigenvalue weighted by atomic mass is 79.9. The molecule has 94 valence electrons. The van der Waals surface area contributed by atoms with Gasteiger partial charge in [0.05, 0.1) is 0 Å². The van der Waals surface area contributed by atoms with Crippen LogP contribution in [0.4, 0.5) is 0 Å². The van der Waals surface area contributed by atoms with E-state index in [1.165, 1.54) is 5.56 Å². The molecule has 1 rings (SSSR count). The smallest absolute Gasteiger partial charge is 0.303 e. The highest BCUT2D eigenvalue weighted by molar-refractivity contribution is 9.10. The van der Waals surface area contributed by atoms with Gasteiger partial charge in [0.15, 0.2) is 0 Å². The van der Waals surface area contributed by atoms with Crippen molar-refractivity contribution in [3.63, 3.8) is 0 Å². The lowest BCUT2D eigenvalue weighted by Crippen LogP contribution is -2.29. The first-order chi connectivity index (χ1) is 8.00. The Morgan fingerprint density at radius 3 is 2.65 bits per heavy atom. The predicted molar refractivity (Wildman–Crippen MR) is 72.0 cm³/mol. The SMILES string of the molecule is CC(CCC(=O)O)NC(C)c1ccccc1Br. The second-order valence-corrected chi connectivity index (χ2v) is 5.10. The largest absolute Gasteiger partial charge is 0.481 e. The molecule has 1 aromatic rings. The maximum Gasteiger partial charge on any atom is 0.303 e. The Kier molecular flexibility index (Phi) is 5.65. The lowest BCUT2D eigenvalue weighted by atomic mass is 10.1. The van der Waals surface area contributed by atoms with Crippen LogP contribution in [0.25, 0.3) is 0 Å². The van der Waals surface area contributed by atoms with Gasteiger partial charge in [0.2, 0.25) is 0 Å². The molecule has 0 aromatic heterocycles. The fourth-order valence-electron chi connectivity index (χ4n) is 1.77. The van der Waals surface area contributed by atoms with Crippen molar-refractivity contribution < 1.29 is 9.90 Å². The summed E-state index contributed by atoms with van der Waals surface area (Å²) in [4.78, 5) is 10.5. The van der Waals surface area contributed by atoms with Crippen molar-refractivity contribution in [2.45, 2.75) is 38.8 Å². The molecular formula is C13H18BrNO2. The van der Waals surface area contributed by atoms with Crippen LogP contribution in [0.5, 0.6) is 0 Å². The summed E-state index contributed by atoms with van der Waals surface area (Å²) in [6.07, 6.45) is 0.848. The van der Waals surface area contributed by atoms with Gasteiger partial charge in [-0.3, -0.25) is 4.79 Å². The maximum atomic E-state index is 10.5. The van der Waals surface area contributed by atoms with E-state index >= 15 is 0 Å². The zero-order valence-corrected chi connectivity index (χ0v) is 11.7. The molecule has 0 aliphatic rings. The third-order valence-corrected chi connectivity index (χ3v) is 3.42. The highest BCUT2D eigenvalue weighted by Gasteiger charge is 2.12. The van der Waals surface area contributed by atoms with Gasteiger partial charge in [0.25, 0.3) is 0 Å². The summed E-state index contributed by atoms with van der Waals surface area (Å²) in [6, 6.07) is 8.44. The third kappa shape index (κ3) is 4.88. The van der Waals surface area contributed by atoms with Gasteiger partial charge in [-0.15, -0.1) is 0 Å². The lowest BCUT2D eigenvalue weighted by Gasteiger charge is -2.20. The Bertz CT molecular complexity index is 381. The van der Waals surface area contributed by atoms with E-state index in [-0.39, 0.29) is 18.5 Å². The molecule has 0 aliphatic carbocycles. The Morgan fingerprint density at radius 2 is 2.06 bits per heavy atom. The van der Waals surface area contributed by atoms with Crippen LogP contribution in [-0.4, -0.2) is 17.1 Å². The van der Waals surface area contributed by atoms with Crippen LogP contribution in [0.15, 0.2) is 28.7 Å². The fraction of sp³-hybridized carbons (Fsp3) is 0.462. The number of halogens is 1. The first-order valence-corrected chi connectivity index (χ1v) is 6.52. The molecule has 0 spiro atoms. The van der Waals surface area contributed by atoms with Crippen molar-refractivity contribution in [1.82, 2.24) is 5.32 Å². The van der Waals surface area contributed by atoms with Crippen LogP contribution in [0.3, 0.4) is 0 Å². The van der Waals surface area contributed by atoms with E-state index in [4.69, 9.17) is 5.11 Å². The summed E-state index contributed by atoms with van der Waals surface area (Å²) in [5.74, 6) is -0.743. The minimum absolute atomic E-state index is 0.188. The van der Waals surface area contributed by atoms with Crippen LogP contribution in [-0.2, 0) is 4.79 Å². The van der Waals surface area contributed by atoms with Gasteiger partial charge in [0.1, 0.15) is 0 Å². The molecule has 0 saturated carbocycles. The van der Waals surface area contributed by atoms with E-state index in [0.29, 0.717) is 6.42 Å². The van der Waals surface area contributed by atoms with Crippen molar-refractivity contribution in [1.29, 1.82) is 0 Å². The van der Waals surface area contributed by atoms with Crippen molar-refractivity contribution in [3.05, 3.63) is 34.3 Å². The number of carboxylic acid groups (broad SMARTS) is 1. The van der Waals surface area contributed by atoms with E-state index in [2.05, 4.69) is 34.2 Å². The standard InChI is InChI=1S/C13H18BrNO2/c1-9(7-8-13(16)17)15-10(2)11-5-3-4-6-12(11)14/h3-6,9-10,15H,7-8H2,1-2H3,(H,16,17). The van der Waals surface area contributed by atoms with Crippen molar-refractivity contribution in [3.8, 4) is 0 Å². The molecule has 2 atom stereocenters. The molecular weight excluding hydrogens is 282 g/mol. The minimum atomic E-state index is -0.743. The minimum Gasteiger partial charge on any atom is -0.481 e. The molecule has 0 fully saturated rings. The van der Waals surface area contributed by atoms with Crippen molar-refractivity contribution >= 4 is 21.9 Å². The Balaban J connectivity index is 2.51. The Labute approximate surface area is 110 Å². The van der Waals surface area contributed by atoms with Gasteiger partial charge in [-0.1, -0.05) is 34.1 Å². The zero-order valence-electron chi connectivity index (χ0n) is 10.1. The maximum absolute atomic E-state index is 10.5. The summed E-state index contributed by atoms with van der Waals surface area (Å²) in [6.45, 7) is 4.09. The second kappa shape index (κ2) is 6.77. The van der Waals surface area contributed by atoms with Crippen LogP contribution in [0.1, 0.15) is 38.3 Å². The number of benzene rings is 1. The molecule has 3 nitrogen and oxygen atoms in total. The van der Waals surface area contributed by atoms with E-state index < -0.39 is 5.97 Å². The van der Waals surface area contributed by atoms with Crippen LogP contribution in [0.2, 0.25) is 0 Å². The van der Waals surface area contributed by atoms with Gasteiger partial charge in [0, 0.05) is 23.0 Å². The Hall–Kier alpha value is -0.870. The zero-order chi connectivity index (χ0) is 12.8. The molecule has 1 aromatic carbocycles. The molecule has 0 radical (unpaired) electrons. The molecule has 0 bridgehead atoms. The van der Waals surface area contributed by atoms with Gasteiger partial charge >= 0.3 is 5.97 Å². The second-order valence-electron chi connectivity index (χ2n) is 4.24. The molecule has 0 amide bonds. The predicted octanol–water partition coefficient (Wildman–Crippen LogP) is 3.35. The van der Waals surface area contributed by atoms with E-state index in [9.17, 15) is 4.79 Å². The summed E-state index contributed by atoms with van der Waals surface area (Å²) in [5, 5.41) is 12.0. The number of carboxylic acids is 1. The van der Waals surface area contributed by atoms with Gasteiger partial charge in [-0.2, -0.15) is 0 Å². The van der Waals surface area contributed by atoms with Crippen molar-refractivity contribution in [2.75, 3.05) is 0 Å². The monoisotopic (exact) mass is 299 g/mol. The van der Waals surface area contributed by atoms with Gasteiger partial charge in [-0.25, -0.2) is 0 Å². The molecule has 0 aliphatic heterocycles. The fourth-order valence-corrected chi connectivity index (χ4v) is 2.39. The molecule has 2 N–H and O–H groups in total. The number of rotatable bonds is 6. The van der Waals surface area contributed by atoms with Gasteiger partial charge in [-0.05, 0) is 31.9 Å². The topological polar surface area (TPSA) is 49.3 Å². The van der Waals surface area contributed by atoms with Crippen LogP contribution < -0.4 is 5.32 Å². The third-order valence-electron chi connectivity index (χ3n) is 2.70. The Morgan fingerprint density at radius 1 is 1.41 bits per heavy atom. The van der Waals surface area contributed by atoms with E-state index in [0.717, 1.165) is 4.47 Å². The quantitative estimate of drug-likeness (QED) is 0.847. The normalized spacial score (nSPS) is 14.3. The number of aliphatic carboxylic acids is 1. The summed E-state index contributed by atoms with van der Waals surface area (Å²) in [5.41, 5.74) is 1.19. The summed E-state index contributed by atoms with van der Waals surface area (Å²) in [7, 11) is 0. The first kappa shape index (κ1) is 14.2. The average molecular weight is 300 g/mol.